The molecular weight excluding hydrogens is 195 g/mol. The van der Waals surface area contributed by atoms with Crippen LogP contribution in [0.25, 0.3) is 0 Å². The van der Waals surface area contributed by atoms with Gasteiger partial charge in [-0.15, -0.1) is 4.89 Å². The summed E-state index contributed by atoms with van der Waals surface area (Å²) in [6.45, 7) is 6.26. The number of rotatable bonds is 5. The Balaban J connectivity index is 4.35. The molecule has 2 atom stereocenters. The molecule has 0 fully saturated rings. The summed E-state index contributed by atoms with van der Waals surface area (Å²) in [5, 5.41) is 0. The van der Waals surface area contributed by atoms with Crippen molar-refractivity contribution in [3.8, 4) is 0 Å². The van der Waals surface area contributed by atoms with Crippen molar-refractivity contribution >= 4 is 14.2 Å². The lowest BCUT2D eigenvalue weighted by molar-refractivity contribution is -0.187. The lowest BCUT2D eigenvalue weighted by Gasteiger charge is -2.19. The van der Waals surface area contributed by atoms with E-state index in [0.717, 1.165) is 6.08 Å². The minimum atomic E-state index is -2.79. The van der Waals surface area contributed by atoms with Crippen molar-refractivity contribution in [3.63, 3.8) is 0 Å². The maximum atomic E-state index is 10.8. The normalized spacial score (nSPS) is 15.8. The molecule has 6 heteroatoms. The molecule has 1 N–H and O–H groups in total. The van der Waals surface area contributed by atoms with Crippen molar-refractivity contribution in [1.29, 1.82) is 0 Å². The summed E-state index contributed by atoms with van der Waals surface area (Å²) in [6.07, 6.45) is 1.23. The first-order chi connectivity index (χ1) is 5.93. The van der Waals surface area contributed by atoms with Crippen LogP contribution in [0.1, 0.15) is 20.3 Å². The highest BCUT2D eigenvalue weighted by Crippen LogP contribution is 2.29. The van der Waals surface area contributed by atoms with Gasteiger partial charge in [0.15, 0.2) is 0 Å². The number of hydrogen-bond acceptors (Lipinski definition) is 4. The van der Waals surface area contributed by atoms with Gasteiger partial charge in [-0.05, 0) is 0 Å². The number of ether oxygens (including phenoxy) is 1. The van der Waals surface area contributed by atoms with E-state index >= 15 is 0 Å². The van der Waals surface area contributed by atoms with Gasteiger partial charge in [0.1, 0.15) is 0 Å². The van der Waals surface area contributed by atoms with E-state index in [1.807, 2.05) is 0 Å². The largest absolute Gasteiger partial charge is 0.698 e. The zero-order valence-electron chi connectivity index (χ0n) is 7.52. The van der Waals surface area contributed by atoms with Gasteiger partial charge >= 0.3 is 14.2 Å². The highest BCUT2D eigenvalue weighted by atomic mass is 31.1. The molecule has 0 bridgehead atoms. The molecule has 0 aliphatic rings. The van der Waals surface area contributed by atoms with Gasteiger partial charge in [-0.2, -0.15) is 0 Å². The summed E-state index contributed by atoms with van der Waals surface area (Å²) in [7, 11) is -2.79. The Bertz CT molecular complexity index is 227. The number of carbonyl (C=O) groups excluding carboxylic acids is 1. The Morgan fingerprint density at radius 3 is 2.62 bits per heavy atom. The first-order valence-corrected chi connectivity index (χ1v) is 4.77. The summed E-state index contributed by atoms with van der Waals surface area (Å²) in [5.74, 6) is -2.06. The Morgan fingerprint density at radius 1 is 1.77 bits per heavy atom. The van der Waals surface area contributed by atoms with Gasteiger partial charge in [0.05, 0.1) is 0 Å². The molecule has 0 heterocycles. The third-order valence-corrected chi connectivity index (χ3v) is 1.94. The number of carbonyl (C=O) groups is 1. The Hall–Kier alpha value is -0.770. The van der Waals surface area contributed by atoms with E-state index in [4.69, 9.17) is 9.63 Å². The molecule has 2 unspecified atom stereocenters. The predicted octanol–water partition coefficient (Wildman–Crippen LogP) is 1.51. The molecule has 0 aromatic carbocycles. The van der Waals surface area contributed by atoms with Gasteiger partial charge in [0, 0.05) is 24.0 Å². The van der Waals surface area contributed by atoms with Crippen molar-refractivity contribution in [1.82, 2.24) is 0 Å². The van der Waals surface area contributed by atoms with Gasteiger partial charge in [0.25, 0.3) is 5.79 Å². The van der Waals surface area contributed by atoms with Gasteiger partial charge in [-0.3, -0.25) is 0 Å². The SMILES string of the molecule is C=CC(=O)OC(C)(CC)O[P+](=O)O. The second-order valence-corrected chi connectivity index (χ2v) is 3.10. The smallest absolute Gasteiger partial charge is 0.425 e. The van der Waals surface area contributed by atoms with Crippen LogP contribution in [-0.2, 0) is 18.6 Å². The van der Waals surface area contributed by atoms with Crippen LogP contribution in [0.5, 0.6) is 0 Å². The molecule has 0 saturated carbocycles. The summed E-state index contributed by atoms with van der Waals surface area (Å²) >= 11 is 0. The highest BCUT2D eigenvalue weighted by molar-refractivity contribution is 7.32. The van der Waals surface area contributed by atoms with Crippen molar-refractivity contribution in [3.05, 3.63) is 12.7 Å². The second-order valence-electron chi connectivity index (χ2n) is 2.44. The zero-order valence-corrected chi connectivity index (χ0v) is 8.41. The Kier molecular flexibility index (Phi) is 4.77. The molecule has 0 radical (unpaired) electrons. The van der Waals surface area contributed by atoms with Gasteiger partial charge in [0.2, 0.25) is 0 Å². The quantitative estimate of drug-likeness (QED) is 0.320. The van der Waals surface area contributed by atoms with E-state index < -0.39 is 20.0 Å². The van der Waals surface area contributed by atoms with Gasteiger partial charge in [-0.25, -0.2) is 4.79 Å². The van der Waals surface area contributed by atoms with E-state index in [2.05, 4.69) is 11.1 Å². The predicted molar refractivity (Wildman–Crippen MR) is 45.9 cm³/mol. The molecule has 0 aromatic heterocycles. The van der Waals surface area contributed by atoms with E-state index in [9.17, 15) is 9.36 Å². The zero-order chi connectivity index (χ0) is 10.5. The van der Waals surface area contributed by atoms with Crippen LogP contribution < -0.4 is 0 Å². The molecule has 0 spiro atoms. The first-order valence-electron chi connectivity index (χ1n) is 3.64. The molecule has 0 saturated heterocycles. The Morgan fingerprint density at radius 2 is 2.31 bits per heavy atom. The fraction of sp³-hybridized carbons (Fsp3) is 0.571. The van der Waals surface area contributed by atoms with Crippen LogP contribution in [0, 0.1) is 0 Å². The maximum Gasteiger partial charge on any atom is 0.698 e. The fourth-order valence-corrected chi connectivity index (χ4v) is 1.07. The van der Waals surface area contributed by atoms with Crippen molar-refractivity contribution in [2.75, 3.05) is 0 Å². The lowest BCUT2D eigenvalue weighted by Crippen LogP contribution is -2.31. The average Bonchev–Trinajstić information content (AvgIpc) is 2.02. The summed E-state index contributed by atoms with van der Waals surface area (Å²) < 4.78 is 19.6. The highest BCUT2D eigenvalue weighted by Gasteiger charge is 2.37. The molecule has 0 aromatic rings. The van der Waals surface area contributed by atoms with Crippen LogP contribution in [0.3, 0.4) is 0 Å². The summed E-state index contributed by atoms with van der Waals surface area (Å²) in [5.41, 5.74) is 0. The maximum absolute atomic E-state index is 10.8. The molecular formula is C7H12O5P+. The number of esters is 1. The van der Waals surface area contributed by atoms with Gasteiger partial charge in [-0.1, -0.05) is 18.0 Å². The Labute approximate surface area is 77.3 Å². The third-order valence-electron chi connectivity index (χ3n) is 1.40. The second kappa shape index (κ2) is 5.07. The standard InChI is InChI=1S/C7H11O5P/c1-4-6(8)11-7(3,5-2)12-13(9)10/h4H,1,5H2,2-3H3/p+1. The molecule has 0 aliphatic heterocycles. The minimum Gasteiger partial charge on any atom is -0.425 e. The number of hydrogen-bond donors (Lipinski definition) is 1. The van der Waals surface area contributed by atoms with Crippen LogP contribution >= 0.6 is 8.25 Å². The van der Waals surface area contributed by atoms with E-state index in [-0.39, 0.29) is 6.42 Å². The van der Waals surface area contributed by atoms with Crippen LogP contribution in [0.4, 0.5) is 0 Å². The molecule has 13 heavy (non-hydrogen) atoms. The van der Waals surface area contributed by atoms with E-state index in [1.54, 1.807) is 6.92 Å². The topological polar surface area (TPSA) is 72.8 Å². The first kappa shape index (κ1) is 12.2. The minimum absolute atomic E-state index is 0.272. The van der Waals surface area contributed by atoms with Crippen LogP contribution in [0.2, 0.25) is 0 Å². The molecule has 5 nitrogen and oxygen atoms in total. The van der Waals surface area contributed by atoms with E-state index in [0.29, 0.717) is 0 Å². The third kappa shape index (κ3) is 4.72. The summed E-state index contributed by atoms with van der Waals surface area (Å²) in [6, 6.07) is 0. The van der Waals surface area contributed by atoms with E-state index in [1.165, 1.54) is 6.92 Å². The molecule has 74 valence electrons. The average molecular weight is 207 g/mol. The van der Waals surface area contributed by atoms with Crippen LogP contribution in [-0.4, -0.2) is 16.6 Å². The van der Waals surface area contributed by atoms with Crippen LogP contribution in [0.15, 0.2) is 12.7 Å². The van der Waals surface area contributed by atoms with Crippen molar-refractivity contribution < 1.29 is 23.5 Å². The van der Waals surface area contributed by atoms with Crippen molar-refractivity contribution in [2.24, 2.45) is 0 Å². The lowest BCUT2D eigenvalue weighted by atomic mass is 10.2. The molecule has 0 aliphatic carbocycles. The molecule has 0 amide bonds. The van der Waals surface area contributed by atoms with Gasteiger partial charge < -0.3 is 4.74 Å². The monoisotopic (exact) mass is 207 g/mol. The summed E-state index contributed by atoms with van der Waals surface area (Å²) in [4.78, 5) is 19.2. The molecule has 0 rings (SSSR count). The van der Waals surface area contributed by atoms with Crippen molar-refractivity contribution in [2.45, 2.75) is 26.1 Å². The fourth-order valence-electron chi connectivity index (χ4n) is 0.575.